The number of amides is 5. The zero-order valence-electron chi connectivity index (χ0n) is 28.9. The molecule has 10 N–H and O–H groups in total. The van der Waals surface area contributed by atoms with Gasteiger partial charge < -0.3 is 47.6 Å². The van der Waals surface area contributed by atoms with E-state index in [-0.39, 0.29) is 25.7 Å². The van der Waals surface area contributed by atoms with Gasteiger partial charge in [-0.2, -0.15) is 0 Å². The molecule has 0 aliphatic carbocycles. The van der Waals surface area contributed by atoms with Crippen LogP contribution in [0, 0.1) is 5.92 Å². The lowest BCUT2D eigenvalue weighted by Gasteiger charge is -2.27. The zero-order valence-corrected chi connectivity index (χ0v) is 28.9. The first-order chi connectivity index (χ1) is 24.6. The van der Waals surface area contributed by atoms with Crippen LogP contribution in [0.2, 0.25) is 0 Å². The van der Waals surface area contributed by atoms with Crippen LogP contribution in [0.5, 0.6) is 0 Å². The fourth-order valence-corrected chi connectivity index (χ4v) is 4.94. The highest BCUT2D eigenvalue weighted by molar-refractivity contribution is 5.96. The molecule has 52 heavy (non-hydrogen) atoms. The van der Waals surface area contributed by atoms with E-state index in [1.807, 2.05) is 0 Å². The fourth-order valence-electron chi connectivity index (χ4n) is 4.94. The van der Waals surface area contributed by atoms with Crippen molar-refractivity contribution in [3.63, 3.8) is 0 Å². The normalized spacial score (nSPS) is 13.7. The Hall–Kier alpha value is -5.84. The van der Waals surface area contributed by atoms with Crippen molar-refractivity contribution >= 4 is 47.4 Å². The van der Waals surface area contributed by atoms with Gasteiger partial charge >= 0.3 is 17.9 Å². The largest absolute Gasteiger partial charge is 0.481 e. The third kappa shape index (κ3) is 15.4. The van der Waals surface area contributed by atoms with Crippen molar-refractivity contribution in [2.24, 2.45) is 11.7 Å². The molecule has 0 saturated heterocycles. The minimum absolute atomic E-state index is 0.0622. The standard InChI is InChI=1S/C35H46N6O11/c1-20(2)30(34(50)37-19-27(42)38-25(35(51)52)14-16-29(45)46)41-33(49)26(18-22-11-7-4-8-12-22)40-32(48)24(13-15-28(43)44)39-31(47)23(36)17-21-9-5-3-6-10-21/h3-12,20,23-26,30H,13-19,36H2,1-2H3,(H,37,50)(H,38,42)(H,39,47)(H,40,48)(H,41,49)(H,43,44)(H,45,46)(H,51,52)/t23-,24-,25-,26-,30-/m0/s1. The Kier molecular flexibility index (Phi) is 17.4. The van der Waals surface area contributed by atoms with Gasteiger partial charge in [0.2, 0.25) is 29.5 Å². The molecule has 0 unspecified atom stereocenters. The molecule has 0 fully saturated rings. The van der Waals surface area contributed by atoms with Crippen LogP contribution in [0.4, 0.5) is 0 Å². The van der Waals surface area contributed by atoms with Crippen LogP contribution < -0.4 is 32.3 Å². The summed E-state index contributed by atoms with van der Waals surface area (Å²) in [6.45, 7) is 2.53. The smallest absolute Gasteiger partial charge is 0.326 e. The average molecular weight is 727 g/mol. The molecule has 17 nitrogen and oxygen atoms in total. The molecule has 5 amide bonds. The predicted octanol–water partition coefficient (Wildman–Crippen LogP) is -0.675. The van der Waals surface area contributed by atoms with Gasteiger partial charge in [0.1, 0.15) is 24.2 Å². The van der Waals surface area contributed by atoms with Gasteiger partial charge in [-0.1, -0.05) is 74.5 Å². The predicted molar refractivity (Wildman–Crippen MR) is 185 cm³/mol. The number of benzene rings is 2. The van der Waals surface area contributed by atoms with E-state index in [2.05, 4.69) is 26.6 Å². The minimum atomic E-state index is -1.51. The van der Waals surface area contributed by atoms with E-state index in [1.54, 1.807) is 74.5 Å². The molecule has 5 atom stereocenters. The van der Waals surface area contributed by atoms with Gasteiger partial charge in [-0.3, -0.25) is 33.6 Å². The van der Waals surface area contributed by atoms with Crippen molar-refractivity contribution in [3.8, 4) is 0 Å². The lowest BCUT2D eigenvalue weighted by Crippen LogP contribution is -2.59. The van der Waals surface area contributed by atoms with Gasteiger partial charge in [0.25, 0.3) is 0 Å². The number of carbonyl (C=O) groups excluding carboxylic acids is 5. The Balaban J connectivity index is 2.20. The number of nitrogens with one attached hydrogen (secondary N) is 5. The van der Waals surface area contributed by atoms with Gasteiger partial charge in [-0.05, 0) is 36.3 Å². The number of carboxylic acids is 3. The molecule has 0 bridgehead atoms. The molecule has 0 aromatic heterocycles. The summed E-state index contributed by atoms with van der Waals surface area (Å²) >= 11 is 0. The molecule has 17 heteroatoms. The van der Waals surface area contributed by atoms with Crippen LogP contribution in [-0.2, 0) is 51.2 Å². The molecule has 0 saturated carbocycles. The van der Waals surface area contributed by atoms with Crippen LogP contribution in [0.1, 0.15) is 50.7 Å². The Morgan fingerprint density at radius 2 is 1.08 bits per heavy atom. The van der Waals surface area contributed by atoms with E-state index in [0.717, 1.165) is 5.56 Å². The number of rotatable bonds is 22. The van der Waals surface area contributed by atoms with Crippen molar-refractivity contribution in [3.05, 3.63) is 71.8 Å². The number of hydrogen-bond donors (Lipinski definition) is 9. The summed E-state index contributed by atoms with van der Waals surface area (Å²) in [5, 5.41) is 39.5. The first kappa shape index (κ1) is 42.3. The molecular formula is C35H46N6O11. The Labute approximate surface area is 300 Å². The quantitative estimate of drug-likeness (QED) is 0.0730. The first-order valence-corrected chi connectivity index (χ1v) is 16.5. The Bertz CT molecular complexity index is 1550. The van der Waals surface area contributed by atoms with Crippen LogP contribution >= 0.6 is 0 Å². The third-order valence-electron chi connectivity index (χ3n) is 7.78. The topological polar surface area (TPSA) is 283 Å². The van der Waals surface area contributed by atoms with Gasteiger partial charge in [0.05, 0.1) is 12.6 Å². The molecule has 282 valence electrons. The summed E-state index contributed by atoms with van der Waals surface area (Å²) in [6.07, 6.45) is -1.62. The molecular weight excluding hydrogens is 680 g/mol. The number of hydrogen-bond acceptors (Lipinski definition) is 9. The first-order valence-electron chi connectivity index (χ1n) is 16.5. The summed E-state index contributed by atoms with van der Waals surface area (Å²) < 4.78 is 0. The summed E-state index contributed by atoms with van der Waals surface area (Å²) in [4.78, 5) is 99.4. The van der Waals surface area contributed by atoms with Crippen molar-refractivity contribution in [1.82, 2.24) is 26.6 Å². The maximum Gasteiger partial charge on any atom is 0.326 e. The van der Waals surface area contributed by atoms with Gasteiger partial charge in [0, 0.05) is 19.3 Å². The Morgan fingerprint density at radius 1 is 0.596 bits per heavy atom. The van der Waals surface area contributed by atoms with E-state index < -0.39 is 103 Å². The third-order valence-corrected chi connectivity index (χ3v) is 7.78. The SMILES string of the molecule is CC(C)[C@H](NC(=O)[C@H](Cc1ccccc1)NC(=O)[C@H](CCC(=O)O)NC(=O)[C@@H](N)Cc1ccccc1)C(=O)NCC(=O)N[C@@H](CCC(=O)O)C(=O)O. The van der Waals surface area contributed by atoms with E-state index in [0.29, 0.717) is 5.56 Å². The lowest BCUT2D eigenvalue weighted by molar-refractivity contribution is -0.143. The van der Waals surface area contributed by atoms with E-state index >= 15 is 0 Å². The maximum absolute atomic E-state index is 13.7. The van der Waals surface area contributed by atoms with E-state index in [1.165, 1.54) is 0 Å². The van der Waals surface area contributed by atoms with Crippen molar-refractivity contribution in [2.45, 2.75) is 82.6 Å². The fraction of sp³-hybridized carbons (Fsp3) is 0.429. The summed E-state index contributed by atoms with van der Waals surface area (Å²) in [5.74, 6) is -8.58. The zero-order chi connectivity index (χ0) is 38.8. The van der Waals surface area contributed by atoms with Crippen LogP contribution in [-0.4, -0.2) is 99.5 Å². The lowest BCUT2D eigenvalue weighted by atomic mass is 10.00. The molecule has 0 radical (unpaired) electrons. The number of aliphatic carboxylic acids is 3. The van der Waals surface area contributed by atoms with Crippen molar-refractivity contribution in [1.29, 1.82) is 0 Å². The number of carbonyl (C=O) groups is 8. The maximum atomic E-state index is 13.7. The number of carboxylic acid groups (broad SMARTS) is 3. The molecule has 0 spiro atoms. The van der Waals surface area contributed by atoms with E-state index in [9.17, 15) is 48.6 Å². The second-order valence-corrected chi connectivity index (χ2v) is 12.4. The summed E-state index contributed by atoms with van der Waals surface area (Å²) in [5.41, 5.74) is 7.47. The van der Waals surface area contributed by atoms with Crippen molar-refractivity contribution in [2.75, 3.05) is 6.54 Å². The van der Waals surface area contributed by atoms with E-state index in [4.69, 9.17) is 10.8 Å². The second kappa shape index (κ2) is 21.4. The molecule has 2 aromatic rings. The molecule has 2 aromatic carbocycles. The van der Waals surface area contributed by atoms with Gasteiger partial charge in [-0.15, -0.1) is 0 Å². The highest BCUT2D eigenvalue weighted by Crippen LogP contribution is 2.09. The van der Waals surface area contributed by atoms with Gasteiger partial charge in [0.15, 0.2) is 0 Å². The highest BCUT2D eigenvalue weighted by Gasteiger charge is 2.32. The monoisotopic (exact) mass is 726 g/mol. The summed E-state index contributed by atoms with van der Waals surface area (Å²) in [6, 6.07) is 10.9. The molecule has 0 aliphatic heterocycles. The van der Waals surface area contributed by atoms with Crippen molar-refractivity contribution < 1.29 is 53.7 Å². The minimum Gasteiger partial charge on any atom is -0.481 e. The van der Waals surface area contributed by atoms with Gasteiger partial charge in [-0.25, -0.2) is 4.79 Å². The molecule has 0 heterocycles. The van der Waals surface area contributed by atoms with Crippen LogP contribution in [0.15, 0.2) is 60.7 Å². The Morgan fingerprint density at radius 3 is 1.58 bits per heavy atom. The highest BCUT2D eigenvalue weighted by atomic mass is 16.4. The number of nitrogens with two attached hydrogens (primary N) is 1. The average Bonchev–Trinajstić information content (AvgIpc) is 3.09. The molecule has 2 rings (SSSR count). The molecule has 0 aliphatic rings. The van der Waals surface area contributed by atoms with Crippen LogP contribution in [0.25, 0.3) is 0 Å². The van der Waals surface area contributed by atoms with Crippen LogP contribution in [0.3, 0.4) is 0 Å². The second-order valence-electron chi connectivity index (χ2n) is 12.4. The summed E-state index contributed by atoms with van der Waals surface area (Å²) in [7, 11) is 0.